The van der Waals surface area contributed by atoms with Gasteiger partial charge in [-0.05, 0) is 0 Å². The maximum atomic E-state index is 11.0. The zero-order valence-corrected chi connectivity index (χ0v) is 7.63. The summed E-state index contributed by atoms with van der Waals surface area (Å²) in [6, 6.07) is 0. The number of aryl methyl sites for hydroxylation is 1. The summed E-state index contributed by atoms with van der Waals surface area (Å²) in [5.41, 5.74) is 0.973. The van der Waals surface area contributed by atoms with Gasteiger partial charge in [-0.2, -0.15) is 5.10 Å². The van der Waals surface area contributed by atoms with Crippen LogP contribution in [0.25, 0.3) is 0 Å². The molecule has 0 saturated heterocycles. The van der Waals surface area contributed by atoms with Crippen molar-refractivity contribution in [2.24, 2.45) is 7.05 Å². The number of rotatable bonds is 2. The number of carbonyl (C=O) groups is 1. The third kappa shape index (κ3) is 1.58. The van der Waals surface area contributed by atoms with Crippen LogP contribution >= 0.6 is 11.6 Å². The van der Waals surface area contributed by atoms with Crippen molar-refractivity contribution in [2.45, 2.75) is 5.88 Å². The minimum atomic E-state index is -0.453. The maximum absolute atomic E-state index is 11.0. The Morgan fingerprint density at radius 2 is 2.50 bits per heavy atom. The van der Waals surface area contributed by atoms with E-state index >= 15 is 0 Å². The lowest BCUT2D eigenvalue weighted by Crippen LogP contribution is -2.05. The molecule has 66 valence electrons. The van der Waals surface area contributed by atoms with Gasteiger partial charge in [-0.25, -0.2) is 4.79 Å². The molecular weight excluding hydrogens is 180 g/mol. The highest BCUT2D eigenvalue weighted by atomic mass is 35.5. The van der Waals surface area contributed by atoms with E-state index in [-0.39, 0.29) is 11.6 Å². The Morgan fingerprint density at radius 3 is 3.00 bits per heavy atom. The molecule has 1 rings (SSSR count). The summed E-state index contributed by atoms with van der Waals surface area (Å²) in [5.74, 6) is -0.190. The van der Waals surface area contributed by atoms with Crippen molar-refractivity contribution >= 4 is 17.6 Å². The molecule has 0 atom stereocenters. The first kappa shape index (κ1) is 9.06. The second kappa shape index (κ2) is 3.58. The molecule has 0 N–H and O–H groups in total. The first-order valence-corrected chi connectivity index (χ1v) is 3.89. The first-order valence-electron chi connectivity index (χ1n) is 3.36. The largest absolute Gasteiger partial charge is 0.464 e. The van der Waals surface area contributed by atoms with E-state index in [9.17, 15) is 4.79 Å². The first-order chi connectivity index (χ1) is 5.69. The van der Waals surface area contributed by atoms with Crippen molar-refractivity contribution in [1.29, 1.82) is 0 Å². The van der Waals surface area contributed by atoms with Crippen molar-refractivity contribution in [3.63, 3.8) is 0 Å². The fourth-order valence-corrected chi connectivity index (χ4v) is 1.10. The number of hydrogen-bond donors (Lipinski definition) is 0. The second-order valence-corrected chi connectivity index (χ2v) is 2.57. The standard InChI is InChI=1S/C7H9ClN2O2/c1-10-4-5(3-8)6(9-10)7(11)12-2/h4H,3H2,1-2H3. The molecule has 0 amide bonds. The van der Waals surface area contributed by atoms with E-state index in [1.807, 2.05) is 0 Å². The van der Waals surface area contributed by atoms with Crippen LogP contribution in [-0.4, -0.2) is 22.9 Å². The Bertz CT molecular complexity index is 296. The molecule has 5 heteroatoms. The molecule has 0 unspecified atom stereocenters. The number of esters is 1. The van der Waals surface area contributed by atoms with Gasteiger partial charge in [0.2, 0.25) is 0 Å². The molecule has 0 radical (unpaired) electrons. The predicted molar refractivity (Wildman–Crippen MR) is 44.1 cm³/mol. The smallest absolute Gasteiger partial charge is 0.358 e. The summed E-state index contributed by atoms with van der Waals surface area (Å²) in [6.07, 6.45) is 1.69. The Balaban J connectivity index is 3.04. The summed E-state index contributed by atoms with van der Waals surface area (Å²) < 4.78 is 6.05. The molecule has 0 aliphatic carbocycles. The van der Waals surface area contributed by atoms with Crippen LogP contribution in [-0.2, 0) is 17.7 Å². The van der Waals surface area contributed by atoms with Gasteiger partial charge in [-0.3, -0.25) is 4.68 Å². The van der Waals surface area contributed by atoms with Crippen LogP contribution in [0.1, 0.15) is 16.1 Å². The van der Waals surface area contributed by atoms with Crippen LogP contribution in [0.5, 0.6) is 0 Å². The van der Waals surface area contributed by atoms with E-state index in [1.165, 1.54) is 11.8 Å². The fraction of sp³-hybridized carbons (Fsp3) is 0.429. The fourth-order valence-electron chi connectivity index (χ4n) is 0.904. The third-order valence-electron chi connectivity index (χ3n) is 1.43. The Kier molecular flexibility index (Phi) is 2.70. The van der Waals surface area contributed by atoms with E-state index in [0.717, 1.165) is 0 Å². The van der Waals surface area contributed by atoms with Gasteiger partial charge in [-0.15, -0.1) is 11.6 Å². The number of ether oxygens (including phenoxy) is 1. The van der Waals surface area contributed by atoms with E-state index in [2.05, 4.69) is 9.84 Å². The van der Waals surface area contributed by atoms with E-state index in [4.69, 9.17) is 11.6 Å². The van der Waals surface area contributed by atoms with Crippen molar-refractivity contribution in [3.8, 4) is 0 Å². The Labute approximate surface area is 75.1 Å². The van der Waals surface area contributed by atoms with Crippen LogP contribution in [0.3, 0.4) is 0 Å². The number of carbonyl (C=O) groups excluding carboxylic acids is 1. The summed E-state index contributed by atoms with van der Waals surface area (Å²) in [4.78, 5) is 11.0. The number of halogens is 1. The van der Waals surface area contributed by atoms with Gasteiger partial charge in [0, 0.05) is 18.8 Å². The van der Waals surface area contributed by atoms with E-state index in [0.29, 0.717) is 5.56 Å². The minimum absolute atomic E-state index is 0.262. The lowest BCUT2D eigenvalue weighted by molar-refractivity contribution is 0.0592. The molecule has 1 aromatic heterocycles. The quantitative estimate of drug-likeness (QED) is 0.513. The summed E-state index contributed by atoms with van der Waals surface area (Å²) in [7, 11) is 3.04. The van der Waals surface area contributed by atoms with Gasteiger partial charge < -0.3 is 4.74 Å². The maximum Gasteiger partial charge on any atom is 0.358 e. The molecule has 0 aromatic carbocycles. The zero-order valence-electron chi connectivity index (χ0n) is 6.87. The van der Waals surface area contributed by atoms with Crippen molar-refractivity contribution in [3.05, 3.63) is 17.5 Å². The second-order valence-electron chi connectivity index (χ2n) is 2.30. The van der Waals surface area contributed by atoms with Gasteiger partial charge in [0.15, 0.2) is 5.69 Å². The highest BCUT2D eigenvalue weighted by Crippen LogP contribution is 2.09. The molecule has 0 spiro atoms. The molecule has 4 nitrogen and oxygen atoms in total. The van der Waals surface area contributed by atoms with E-state index in [1.54, 1.807) is 13.2 Å². The topological polar surface area (TPSA) is 44.1 Å². The van der Waals surface area contributed by atoms with Crippen LogP contribution in [0.2, 0.25) is 0 Å². The average Bonchev–Trinajstić information content (AvgIpc) is 2.45. The van der Waals surface area contributed by atoms with Gasteiger partial charge in [0.25, 0.3) is 0 Å². The molecule has 0 saturated carbocycles. The monoisotopic (exact) mass is 188 g/mol. The number of nitrogens with zero attached hydrogens (tertiary/aromatic N) is 2. The molecule has 1 heterocycles. The minimum Gasteiger partial charge on any atom is -0.464 e. The summed E-state index contributed by atoms with van der Waals surface area (Å²) >= 11 is 5.59. The molecular formula is C7H9ClN2O2. The molecule has 0 aliphatic rings. The lowest BCUT2D eigenvalue weighted by Gasteiger charge is -1.94. The normalized spacial score (nSPS) is 9.92. The lowest BCUT2D eigenvalue weighted by atomic mass is 10.3. The van der Waals surface area contributed by atoms with Crippen LogP contribution in [0, 0.1) is 0 Å². The average molecular weight is 189 g/mol. The molecule has 0 fully saturated rings. The molecule has 0 bridgehead atoms. The van der Waals surface area contributed by atoms with Crippen molar-refractivity contribution < 1.29 is 9.53 Å². The predicted octanol–water partition coefficient (Wildman–Crippen LogP) is 0.945. The van der Waals surface area contributed by atoms with Crippen molar-refractivity contribution in [1.82, 2.24) is 9.78 Å². The highest BCUT2D eigenvalue weighted by molar-refractivity contribution is 6.17. The number of methoxy groups -OCH3 is 1. The highest BCUT2D eigenvalue weighted by Gasteiger charge is 2.14. The number of alkyl halides is 1. The van der Waals surface area contributed by atoms with Gasteiger partial charge >= 0.3 is 5.97 Å². The van der Waals surface area contributed by atoms with Gasteiger partial charge in [0.1, 0.15) is 0 Å². The third-order valence-corrected chi connectivity index (χ3v) is 1.72. The van der Waals surface area contributed by atoms with Crippen LogP contribution in [0.15, 0.2) is 6.20 Å². The van der Waals surface area contributed by atoms with Crippen LogP contribution < -0.4 is 0 Å². The zero-order chi connectivity index (χ0) is 9.14. The Morgan fingerprint density at radius 1 is 1.83 bits per heavy atom. The SMILES string of the molecule is COC(=O)c1nn(C)cc1CCl. The molecule has 1 aromatic rings. The summed E-state index contributed by atoms with van der Waals surface area (Å²) in [6.45, 7) is 0. The number of hydrogen-bond acceptors (Lipinski definition) is 3. The molecule has 0 aliphatic heterocycles. The van der Waals surface area contributed by atoms with Crippen molar-refractivity contribution in [2.75, 3.05) is 7.11 Å². The van der Waals surface area contributed by atoms with Gasteiger partial charge in [0.05, 0.1) is 13.0 Å². The Hall–Kier alpha value is -1.03. The molecule has 12 heavy (non-hydrogen) atoms. The summed E-state index contributed by atoms with van der Waals surface area (Å²) in [5, 5.41) is 3.91. The van der Waals surface area contributed by atoms with Crippen LogP contribution in [0.4, 0.5) is 0 Å². The van der Waals surface area contributed by atoms with E-state index < -0.39 is 5.97 Å². The number of aromatic nitrogens is 2. The van der Waals surface area contributed by atoms with Gasteiger partial charge in [-0.1, -0.05) is 0 Å².